The van der Waals surface area contributed by atoms with Gasteiger partial charge in [0.05, 0.1) is 18.1 Å². The number of fused-ring (bicyclic) bond motifs is 1. The Balaban J connectivity index is 1.34. The second-order valence-corrected chi connectivity index (χ2v) is 7.58. The molecule has 0 amide bonds. The summed E-state index contributed by atoms with van der Waals surface area (Å²) in [6.45, 7) is 2.01. The molecule has 1 aliphatic rings. The molecule has 3 aromatic heterocycles. The third-order valence-electron chi connectivity index (χ3n) is 5.42. The number of aromatic nitrogens is 6. The van der Waals surface area contributed by atoms with Crippen LogP contribution in [0.1, 0.15) is 18.7 Å². The maximum absolute atomic E-state index is 10.3. The van der Waals surface area contributed by atoms with E-state index < -0.39 is 24.5 Å². The number of hydrogen-bond donors (Lipinski definition) is 2. The van der Waals surface area contributed by atoms with Gasteiger partial charge in [-0.2, -0.15) is 10.1 Å². The predicted molar refractivity (Wildman–Crippen MR) is 110 cm³/mol. The van der Waals surface area contributed by atoms with Crippen molar-refractivity contribution in [2.75, 3.05) is 0 Å². The van der Waals surface area contributed by atoms with Gasteiger partial charge in [0.25, 0.3) is 0 Å². The van der Waals surface area contributed by atoms with Crippen molar-refractivity contribution in [2.24, 2.45) is 7.05 Å². The lowest BCUT2D eigenvalue weighted by Gasteiger charge is -2.16. The number of ether oxygens (including phenoxy) is 2. The zero-order valence-corrected chi connectivity index (χ0v) is 17.0. The molecule has 1 fully saturated rings. The molecule has 4 atom stereocenters. The van der Waals surface area contributed by atoms with Crippen LogP contribution in [0.3, 0.4) is 0 Å². The first-order chi connectivity index (χ1) is 15.0. The number of benzene rings is 1. The molecule has 0 aliphatic carbocycles. The second kappa shape index (κ2) is 7.73. The maximum atomic E-state index is 10.3. The van der Waals surface area contributed by atoms with Gasteiger partial charge in [0.1, 0.15) is 25.1 Å². The number of aliphatic hydroxyl groups is 2. The van der Waals surface area contributed by atoms with E-state index in [1.807, 2.05) is 43.6 Å². The third kappa shape index (κ3) is 3.54. The van der Waals surface area contributed by atoms with Gasteiger partial charge < -0.3 is 19.7 Å². The average molecular weight is 422 g/mol. The molecule has 0 unspecified atom stereocenters. The molecule has 4 heterocycles. The van der Waals surface area contributed by atoms with Gasteiger partial charge in [-0.1, -0.05) is 24.3 Å². The van der Waals surface area contributed by atoms with Gasteiger partial charge in [0.2, 0.25) is 5.88 Å². The van der Waals surface area contributed by atoms with E-state index in [1.165, 1.54) is 12.7 Å². The molecule has 31 heavy (non-hydrogen) atoms. The smallest absolute Gasteiger partial charge is 0.245 e. The van der Waals surface area contributed by atoms with Gasteiger partial charge in [-0.3, -0.25) is 9.25 Å². The number of aryl methyl sites for hydroxylation is 1. The van der Waals surface area contributed by atoms with Crippen LogP contribution in [0.25, 0.3) is 22.4 Å². The maximum Gasteiger partial charge on any atom is 0.245 e. The number of aliphatic hydroxyl groups excluding tert-OH is 2. The molecule has 10 nitrogen and oxygen atoms in total. The van der Waals surface area contributed by atoms with Crippen LogP contribution < -0.4 is 4.74 Å². The minimum atomic E-state index is -1.08. The first-order valence-corrected chi connectivity index (χ1v) is 9.92. The molecule has 1 aliphatic heterocycles. The summed E-state index contributed by atoms with van der Waals surface area (Å²) in [5.41, 5.74) is 3.82. The van der Waals surface area contributed by atoms with E-state index in [4.69, 9.17) is 9.47 Å². The Morgan fingerprint density at radius 2 is 1.87 bits per heavy atom. The average Bonchev–Trinajstić information content (AvgIpc) is 3.47. The van der Waals surface area contributed by atoms with Crippen molar-refractivity contribution in [3.8, 4) is 17.1 Å². The lowest BCUT2D eigenvalue weighted by Crippen LogP contribution is -2.30. The normalized spacial score (nSPS) is 23.5. The fourth-order valence-electron chi connectivity index (χ4n) is 3.67. The van der Waals surface area contributed by atoms with Gasteiger partial charge in [-0.15, -0.1) is 0 Å². The highest BCUT2D eigenvalue weighted by atomic mass is 16.6. The molecule has 160 valence electrons. The van der Waals surface area contributed by atoms with Crippen LogP contribution in [0.15, 0.2) is 49.2 Å². The Morgan fingerprint density at radius 3 is 2.55 bits per heavy atom. The predicted octanol–water partition coefficient (Wildman–Crippen LogP) is 1.44. The topological polar surface area (TPSA) is 120 Å². The van der Waals surface area contributed by atoms with Gasteiger partial charge in [0.15, 0.2) is 17.4 Å². The number of imidazole rings is 1. The molecular weight excluding hydrogens is 400 g/mol. The van der Waals surface area contributed by atoms with Crippen LogP contribution >= 0.6 is 0 Å². The Bertz CT molecular complexity index is 1200. The number of hydrogen-bond acceptors (Lipinski definition) is 8. The third-order valence-corrected chi connectivity index (χ3v) is 5.42. The highest BCUT2D eigenvalue weighted by Gasteiger charge is 2.42. The highest BCUT2D eigenvalue weighted by molar-refractivity contribution is 5.76. The van der Waals surface area contributed by atoms with Crippen LogP contribution in [-0.4, -0.2) is 57.8 Å². The lowest BCUT2D eigenvalue weighted by molar-refractivity contribution is -0.0299. The summed E-state index contributed by atoms with van der Waals surface area (Å²) in [5.74, 6) is 0.332. The summed E-state index contributed by atoms with van der Waals surface area (Å²) in [6.07, 6.45) is 1.45. The fraction of sp³-hybridized carbons (Fsp3) is 0.333. The van der Waals surface area contributed by atoms with Gasteiger partial charge in [-0.25, -0.2) is 9.97 Å². The van der Waals surface area contributed by atoms with Crippen molar-refractivity contribution in [1.29, 1.82) is 0 Å². The van der Waals surface area contributed by atoms with Crippen molar-refractivity contribution < 1.29 is 19.7 Å². The molecular formula is C21H22N6O4. The zero-order chi connectivity index (χ0) is 21.5. The van der Waals surface area contributed by atoms with E-state index in [-0.39, 0.29) is 0 Å². The quantitative estimate of drug-likeness (QED) is 0.496. The van der Waals surface area contributed by atoms with Crippen molar-refractivity contribution in [3.05, 3.63) is 54.7 Å². The zero-order valence-electron chi connectivity index (χ0n) is 17.0. The van der Waals surface area contributed by atoms with Crippen LogP contribution in [0.4, 0.5) is 0 Å². The molecule has 0 spiro atoms. The molecule has 0 radical (unpaired) electrons. The Hall–Kier alpha value is -3.34. The molecule has 1 aromatic carbocycles. The molecule has 0 saturated carbocycles. The molecule has 2 N–H and O–H groups in total. The molecule has 1 saturated heterocycles. The van der Waals surface area contributed by atoms with Crippen molar-refractivity contribution in [1.82, 2.24) is 29.3 Å². The summed E-state index contributed by atoms with van der Waals surface area (Å²) in [7, 11) is 1.89. The van der Waals surface area contributed by atoms with Crippen LogP contribution in [0.5, 0.6) is 5.88 Å². The summed E-state index contributed by atoms with van der Waals surface area (Å²) in [5, 5.41) is 24.7. The minimum Gasteiger partial charge on any atom is -0.471 e. The standard InChI is InChI=1S/C21H22N6O4/c1-12-17(28)18(29)21(31-12)27-11-24-16-19(27)22-10-23-20(16)30-9-13-3-5-14(6-4-13)15-7-8-26(2)25-15/h3-8,10-12,17-18,21,28-29H,9H2,1-2H3/t12-,17-,18-,21-/m1/s1. The Morgan fingerprint density at radius 1 is 1.06 bits per heavy atom. The van der Waals surface area contributed by atoms with E-state index in [0.717, 1.165) is 16.8 Å². The minimum absolute atomic E-state index is 0.305. The molecule has 4 aromatic rings. The monoisotopic (exact) mass is 422 g/mol. The van der Waals surface area contributed by atoms with Crippen molar-refractivity contribution in [2.45, 2.75) is 38.1 Å². The number of nitrogens with zero attached hydrogens (tertiary/aromatic N) is 6. The van der Waals surface area contributed by atoms with Crippen LogP contribution in [-0.2, 0) is 18.4 Å². The van der Waals surface area contributed by atoms with Gasteiger partial charge in [-0.05, 0) is 18.6 Å². The van der Waals surface area contributed by atoms with Crippen LogP contribution in [0, 0.1) is 0 Å². The summed E-state index contributed by atoms with van der Waals surface area (Å²) in [4.78, 5) is 12.8. The van der Waals surface area contributed by atoms with Crippen molar-refractivity contribution in [3.63, 3.8) is 0 Å². The highest BCUT2D eigenvalue weighted by Crippen LogP contribution is 2.32. The van der Waals surface area contributed by atoms with Crippen LogP contribution in [0.2, 0.25) is 0 Å². The van der Waals surface area contributed by atoms with Crippen molar-refractivity contribution >= 4 is 11.2 Å². The van der Waals surface area contributed by atoms with Gasteiger partial charge in [0, 0.05) is 18.8 Å². The summed E-state index contributed by atoms with van der Waals surface area (Å²) < 4.78 is 14.9. The Kier molecular flexibility index (Phi) is 4.89. The molecule has 0 bridgehead atoms. The molecule has 10 heteroatoms. The molecule has 5 rings (SSSR count). The largest absolute Gasteiger partial charge is 0.471 e. The fourth-order valence-corrected chi connectivity index (χ4v) is 3.67. The lowest BCUT2D eigenvalue weighted by atomic mass is 10.1. The van der Waals surface area contributed by atoms with E-state index >= 15 is 0 Å². The Labute approximate surface area is 177 Å². The SMILES string of the molecule is C[C@H]1O[C@@H](n2cnc3c(OCc4ccc(-c5ccn(C)n5)cc4)ncnc32)[C@H](O)[C@@H]1O. The summed E-state index contributed by atoms with van der Waals surface area (Å²) >= 11 is 0. The second-order valence-electron chi connectivity index (χ2n) is 7.58. The van der Waals surface area contributed by atoms with E-state index in [1.54, 1.807) is 16.2 Å². The van der Waals surface area contributed by atoms with E-state index in [0.29, 0.717) is 23.7 Å². The number of rotatable bonds is 5. The summed E-state index contributed by atoms with van der Waals surface area (Å²) in [6, 6.07) is 9.91. The van der Waals surface area contributed by atoms with Gasteiger partial charge >= 0.3 is 0 Å². The van der Waals surface area contributed by atoms with E-state index in [2.05, 4.69) is 20.1 Å². The van der Waals surface area contributed by atoms with E-state index in [9.17, 15) is 10.2 Å². The first kappa shape index (κ1) is 19.6. The first-order valence-electron chi connectivity index (χ1n) is 9.92.